The molecule has 0 aliphatic carbocycles. The maximum atomic E-state index is 13.7. The van der Waals surface area contributed by atoms with Crippen LogP contribution in [0.5, 0.6) is 0 Å². The third-order valence-electron chi connectivity index (χ3n) is 3.19. The van der Waals surface area contributed by atoms with Crippen LogP contribution in [0.2, 0.25) is 0 Å². The molecule has 0 aliphatic rings. The van der Waals surface area contributed by atoms with E-state index >= 15 is 0 Å². The number of fused-ring (bicyclic) bond motifs is 1. The molecular formula is C13H17FN2. The van der Waals surface area contributed by atoms with E-state index in [1.165, 1.54) is 6.07 Å². The fourth-order valence-electron chi connectivity index (χ4n) is 2.07. The Morgan fingerprint density at radius 3 is 2.69 bits per heavy atom. The van der Waals surface area contributed by atoms with Gasteiger partial charge in [0.05, 0.1) is 5.52 Å². The lowest BCUT2D eigenvalue weighted by atomic mass is 9.85. The second kappa shape index (κ2) is 3.59. The highest BCUT2D eigenvalue weighted by Gasteiger charge is 2.23. The van der Waals surface area contributed by atoms with Crippen molar-refractivity contribution >= 4 is 10.9 Å². The van der Waals surface area contributed by atoms with E-state index < -0.39 is 0 Å². The lowest BCUT2D eigenvalue weighted by molar-refractivity contribution is 0.542. The van der Waals surface area contributed by atoms with Crippen LogP contribution in [0.3, 0.4) is 0 Å². The summed E-state index contributed by atoms with van der Waals surface area (Å²) in [7, 11) is 1.86. The molecule has 0 aliphatic heterocycles. The Balaban J connectivity index is 2.79. The number of hydrogen-bond donors (Lipinski definition) is 1. The molecular weight excluding hydrogens is 203 g/mol. The van der Waals surface area contributed by atoms with E-state index in [2.05, 4.69) is 13.8 Å². The van der Waals surface area contributed by atoms with Crippen LogP contribution in [0.1, 0.15) is 19.4 Å². The Labute approximate surface area is 94.9 Å². The van der Waals surface area contributed by atoms with E-state index in [4.69, 9.17) is 5.73 Å². The lowest BCUT2D eigenvalue weighted by Crippen LogP contribution is -2.27. The van der Waals surface area contributed by atoms with E-state index in [0.29, 0.717) is 12.1 Å². The SMILES string of the molecule is Cn1cc(C(C)(C)CN)c2cccc(F)c21. The molecule has 0 atom stereocenters. The maximum Gasteiger partial charge on any atom is 0.147 e. The molecule has 2 aromatic rings. The molecule has 0 fully saturated rings. The van der Waals surface area contributed by atoms with Gasteiger partial charge in [-0.25, -0.2) is 4.39 Å². The average molecular weight is 220 g/mol. The molecule has 0 radical (unpaired) electrons. The van der Waals surface area contributed by atoms with Crippen molar-refractivity contribution in [2.45, 2.75) is 19.3 Å². The average Bonchev–Trinajstić information content (AvgIpc) is 2.58. The Bertz CT molecular complexity index is 526. The monoisotopic (exact) mass is 220 g/mol. The third kappa shape index (κ3) is 1.52. The van der Waals surface area contributed by atoms with E-state index in [9.17, 15) is 4.39 Å². The summed E-state index contributed by atoms with van der Waals surface area (Å²) in [5.41, 5.74) is 7.40. The van der Waals surface area contributed by atoms with E-state index in [0.717, 1.165) is 10.9 Å². The molecule has 0 amide bonds. The van der Waals surface area contributed by atoms with Gasteiger partial charge in [0.15, 0.2) is 0 Å². The van der Waals surface area contributed by atoms with Crippen molar-refractivity contribution in [2.24, 2.45) is 12.8 Å². The van der Waals surface area contributed by atoms with Crippen molar-refractivity contribution in [3.8, 4) is 0 Å². The van der Waals surface area contributed by atoms with Crippen LogP contribution in [0.15, 0.2) is 24.4 Å². The van der Waals surface area contributed by atoms with Crippen molar-refractivity contribution in [2.75, 3.05) is 6.54 Å². The molecule has 0 saturated heterocycles. The van der Waals surface area contributed by atoms with E-state index in [-0.39, 0.29) is 11.2 Å². The van der Waals surface area contributed by atoms with Gasteiger partial charge in [-0.05, 0) is 11.6 Å². The first-order valence-corrected chi connectivity index (χ1v) is 5.41. The van der Waals surface area contributed by atoms with Gasteiger partial charge < -0.3 is 10.3 Å². The van der Waals surface area contributed by atoms with Crippen LogP contribution in [0.25, 0.3) is 10.9 Å². The minimum absolute atomic E-state index is 0.132. The summed E-state index contributed by atoms with van der Waals surface area (Å²) in [5.74, 6) is -0.181. The van der Waals surface area contributed by atoms with Crippen molar-refractivity contribution in [1.82, 2.24) is 4.57 Å². The molecule has 16 heavy (non-hydrogen) atoms. The molecule has 0 spiro atoms. The number of hydrogen-bond acceptors (Lipinski definition) is 1. The molecule has 3 heteroatoms. The molecule has 2 N–H and O–H groups in total. The fraction of sp³-hybridized carbons (Fsp3) is 0.385. The summed E-state index contributed by atoms with van der Waals surface area (Å²) in [6, 6.07) is 5.18. The van der Waals surface area contributed by atoms with E-state index in [1.807, 2.05) is 23.9 Å². The van der Waals surface area contributed by atoms with Crippen molar-refractivity contribution < 1.29 is 4.39 Å². The Morgan fingerprint density at radius 2 is 2.06 bits per heavy atom. The lowest BCUT2D eigenvalue weighted by Gasteiger charge is -2.21. The topological polar surface area (TPSA) is 30.9 Å². The second-order valence-corrected chi connectivity index (χ2v) is 4.88. The van der Waals surface area contributed by atoms with Crippen LogP contribution in [0.4, 0.5) is 4.39 Å². The predicted octanol–water partition coefficient (Wildman–Crippen LogP) is 2.55. The summed E-state index contributed by atoms with van der Waals surface area (Å²) in [6.07, 6.45) is 1.97. The highest BCUT2D eigenvalue weighted by molar-refractivity contribution is 5.85. The van der Waals surface area contributed by atoms with Crippen LogP contribution >= 0.6 is 0 Å². The second-order valence-electron chi connectivity index (χ2n) is 4.88. The summed E-state index contributed by atoms with van der Waals surface area (Å²) in [4.78, 5) is 0. The van der Waals surface area contributed by atoms with Crippen molar-refractivity contribution in [1.29, 1.82) is 0 Å². The molecule has 86 valence electrons. The Hall–Kier alpha value is -1.35. The van der Waals surface area contributed by atoms with Gasteiger partial charge in [-0.3, -0.25) is 0 Å². The quantitative estimate of drug-likeness (QED) is 0.828. The summed E-state index contributed by atoms with van der Waals surface area (Å²) in [5, 5.41) is 0.956. The Morgan fingerprint density at radius 1 is 1.38 bits per heavy atom. The van der Waals surface area contributed by atoms with Gasteiger partial charge in [-0.2, -0.15) is 0 Å². The van der Waals surface area contributed by atoms with Gasteiger partial charge in [0.2, 0.25) is 0 Å². The zero-order valence-corrected chi connectivity index (χ0v) is 9.92. The van der Waals surface area contributed by atoms with Gasteiger partial charge >= 0.3 is 0 Å². The highest BCUT2D eigenvalue weighted by atomic mass is 19.1. The van der Waals surface area contributed by atoms with E-state index in [1.54, 1.807) is 6.07 Å². The number of nitrogens with two attached hydrogens (primary N) is 1. The zero-order valence-electron chi connectivity index (χ0n) is 9.92. The molecule has 0 bridgehead atoms. The van der Waals surface area contributed by atoms with Gasteiger partial charge in [0.25, 0.3) is 0 Å². The summed E-state index contributed by atoms with van der Waals surface area (Å²) < 4.78 is 15.5. The molecule has 1 aromatic carbocycles. The summed E-state index contributed by atoms with van der Waals surface area (Å²) >= 11 is 0. The first-order chi connectivity index (χ1) is 7.47. The number of halogens is 1. The molecule has 0 unspecified atom stereocenters. The van der Waals surface area contributed by atoms with Crippen LogP contribution < -0.4 is 5.73 Å². The number of benzene rings is 1. The number of para-hydroxylation sites is 1. The van der Waals surface area contributed by atoms with Gasteiger partial charge in [0.1, 0.15) is 5.82 Å². The number of aryl methyl sites for hydroxylation is 1. The van der Waals surface area contributed by atoms with Gasteiger partial charge in [-0.1, -0.05) is 26.0 Å². The van der Waals surface area contributed by atoms with Gasteiger partial charge in [0, 0.05) is 30.6 Å². The normalized spacial score (nSPS) is 12.3. The maximum absolute atomic E-state index is 13.7. The molecule has 1 heterocycles. The smallest absolute Gasteiger partial charge is 0.147 e. The minimum Gasteiger partial charge on any atom is -0.348 e. The Kier molecular flexibility index (Phi) is 2.50. The molecule has 2 nitrogen and oxygen atoms in total. The third-order valence-corrected chi connectivity index (χ3v) is 3.19. The van der Waals surface area contributed by atoms with Crippen molar-refractivity contribution in [3.63, 3.8) is 0 Å². The summed E-state index contributed by atoms with van der Waals surface area (Å²) in [6.45, 7) is 4.70. The highest BCUT2D eigenvalue weighted by Crippen LogP contribution is 2.31. The van der Waals surface area contributed by atoms with Gasteiger partial charge in [-0.15, -0.1) is 0 Å². The largest absolute Gasteiger partial charge is 0.348 e. The number of rotatable bonds is 2. The van der Waals surface area contributed by atoms with Crippen LogP contribution in [-0.2, 0) is 12.5 Å². The first-order valence-electron chi connectivity index (χ1n) is 5.41. The minimum atomic E-state index is -0.181. The first kappa shape index (κ1) is 11.1. The molecule has 0 saturated carbocycles. The van der Waals surface area contributed by atoms with Crippen molar-refractivity contribution in [3.05, 3.63) is 35.8 Å². The number of nitrogens with zero attached hydrogens (tertiary/aromatic N) is 1. The van der Waals surface area contributed by atoms with Crippen LogP contribution in [0, 0.1) is 5.82 Å². The zero-order chi connectivity index (χ0) is 11.9. The molecule has 2 rings (SSSR count). The van der Waals surface area contributed by atoms with Crippen LogP contribution in [-0.4, -0.2) is 11.1 Å². The number of aromatic nitrogens is 1. The molecule has 1 aromatic heterocycles. The standard InChI is InChI=1S/C13H17FN2/c1-13(2,8-15)10-7-16(3)12-9(10)5-4-6-11(12)14/h4-7H,8,15H2,1-3H3. The predicted molar refractivity (Wildman–Crippen MR) is 65.0 cm³/mol. The fourth-order valence-corrected chi connectivity index (χ4v) is 2.07.